The molecule has 36 heavy (non-hydrogen) atoms. The number of fused-ring (bicyclic) bond motifs is 5. The number of hydrogen-bond acceptors (Lipinski definition) is 5. The first-order chi connectivity index (χ1) is 16.8. The summed E-state index contributed by atoms with van der Waals surface area (Å²) in [6.07, 6.45) is 10.7. The largest absolute Gasteiger partial charge is 0.462 e. The first kappa shape index (κ1) is 27.9. The van der Waals surface area contributed by atoms with Gasteiger partial charge in [0.15, 0.2) is 0 Å². The lowest BCUT2D eigenvalue weighted by molar-refractivity contribution is -0.271. The molecule has 0 spiro atoms. The maximum absolute atomic E-state index is 12.3. The number of hydrogen-bond donors (Lipinski definition) is 1. The van der Waals surface area contributed by atoms with Gasteiger partial charge in [0.1, 0.15) is 17.8 Å². The number of ether oxygens (including phenoxy) is 2. The van der Waals surface area contributed by atoms with E-state index in [4.69, 9.17) is 9.47 Å². The van der Waals surface area contributed by atoms with E-state index >= 15 is 0 Å². The lowest BCUT2D eigenvalue weighted by atomic mass is 9.42. The van der Waals surface area contributed by atoms with Gasteiger partial charge >= 0.3 is 11.9 Å². The molecule has 0 aromatic heterocycles. The molecule has 206 valence electrons. The summed E-state index contributed by atoms with van der Waals surface area (Å²) in [6, 6.07) is 0. The molecule has 0 aromatic rings. The Kier molecular flexibility index (Phi) is 7.93. The van der Waals surface area contributed by atoms with Crippen molar-refractivity contribution in [2.75, 3.05) is 0 Å². The van der Waals surface area contributed by atoms with Crippen molar-refractivity contribution in [1.29, 1.82) is 0 Å². The molecule has 4 aliphatic rings. The lowest BCUT2D eigenvalue weighted by Crippen LogP contribution is -2.69. The third kappa shape index (κ3) is 4.76. The highest BCUT2D eigenvalue weighted by Crippen LogP contribution is 2.69. The van der Waals surface area contributed by atoms with Gasteiger partial charge in [0.25, 0.3) is 0 Å². The number of esters is 2. The van der Waals surface area contributed by atoms with Gasteiger partial charge in [0.05, 0.1) is 0 Å². The van der Waals surface area contributed by atoms with E-state index in [2.05, 4.69) is 34.6 Å². The van der Waals surface area contributed by atoms with Crippen molar-refractivity contribution in [3.05, 3.63) is 0 Å². The second kappa shape index (κ2) is 10.2. The van der Waals surface area contributed by atoms with Gasteiger partial charge in [-0.05, 0) is 85.9 Å². The third-order valence-corrected chi connectivity index (χ3v) is 11.6. The smallest absolute Gasteiger partial charge is 0.303 e. The molecule has 0 aliphatic heterocycles. The summed E-state index contributed by atoms with van der Waals surface area (Å²) in [6.45, 7) is 14.8. The summed E-state index contributed by atoms with van der Waals surface area (Å²) in [5, 5.41) is 12.3. The molecule has 4 saturated carbocycles. The SMILES string of the molecule is CC(=O)O[C@H]1CC[C@]2(C)[C@@H]3CC[C@]4(C)[C@@H]([C@H](C)CCCC(C)C)CC[C@H]4[C@@H]3C[C@@H](OC(C)=O)[C@@]2(O)C1. The maximum Gasteiger partial charge on any atom is 0.303 e. The van der Waals surface area contributed by atoms with Crippen molar-refractivity contribution in [3.63, 3.8) is 0 Å². The topological polar surface area (TPSA) is 72.8 Å². The molecular weight excluding hydrogens is 452 g/mol. The van der Waals surface area contributed by atoms with E-state index < -0.39 is 11.7 Å². The van der Waals surface area contributed by atoms with Crippen LogP contribution in [0.25, 0.3) is 0 Å². The molecular formula is C31H52O5. The van der Waals surface area contributed by atoms with E-state index in [-0.39, 0.29) is 23.5 Å². The summed E-state index contributed by atoms with van der Waals surface area (Å²) in [7, 11) is 0. The fourth-order valence-electron chi connectivity index (χ4n) is 9.92. The summed E-state index contributed by atoms with van der Waals surface area (Å²) in [4.78, 5) is 23.9. The number of carbonyl (C=O) groups is 2. The van der Waals surface area contributed by atoms with Crippen LogP contribution in [0.15, 0.2) is 0 Å². The predicted molar refractivity (Wildman–Crippen MR) is 141 cm³/mol. The van der Waals surface area contributed by atoms with Crippen LogP contribution in [0, 0.1) is 46.3 Å². The average molecular weight is 505 g/mol. The predicted octanol–water partition coefficient (Wildman–Crippen LogP) is 6.70. The molecule has 4 rings (SSSR count). The number of rotatable bonds is 7. The molecule has 0 unspecified atom stereocenters. The van der Waals surface area contributed by atoms with Crippen LogP contribution in [0.2, 0.25) is 0 Å². The van der Waals surface area contributed by atoms with Gasteiger partial charge in [-0.3, -0.25) is 9.59 Å². The van der Waals surface area contributed by atoms with Gasteiger partial charge in [0.2, 0.25) is 0 Å². The van der Waals surface area contributed by atoms with Gasteiger partial charge in [-0.15, -0.1) is 0 Å². The zero-order chi connectivity index (χ0) is 26.5. The highest BCUT2D eigenvalue weighted by atomic mass is 16.6. The van der Waals surface area contributed by atoms with Crippen LogP contribution in [0.1, 0.15) is 119 Å². The summed E-state index contributed by atoms with van der Waals surface area (Å²) < 4.78 is 11.5. The monoisotopic (exact) mass is 504 g/mol. The Morgan fingerprint density at radius 1 is 0.917 bits per heavy atom. The van der Waals surface area contributed by atoms with Gasteiger partial charge in [-0.2, -0.15) is 0 Å². The van der Waals surface area contributed by atoms with Gasteiger partial charge in [0, 0.05) is 25.7 Å². The molecule has 0 radical (unpaired) electrons. The lowest BCUT2D eigenvalue weighted by Gasteiger charge is -2.65. The standard InChI is InChI=1S/C31H52O5/c1-19(2)9-8-10-20(3)25-11-12-26-24-17-28(36-22(5)33)31(34)18-23(35-21(4)32)13-16-30(31,7)27(24)14-15-29(25,26)6/h19-20,23-28,34H,8-18H2,1-7H3/t20-,23+,24+,25-,26+,27-,28-,29-,30-,31+/m1/s1. The third-order valence-electron chi connectivity index (χ3n) is 11.6. The Bertz CT molecular complexity index is 824. The minimum atomic E-state index is -1.16. The van der Waals surface area contributed by atoms with Gasteiger partial charge in [-0.25, -0.2) is 0 Å². The van der Waals surface area contributed by atoms with Crippen molar-refractivity contribution in [2.24, 2.45) is 46.3 Å². The molecule has 0 aromatic carbocycles. The zero-order valence-corrected chi connectivity index (χ0v) is 24.0. The Labute approximate surface area is 219 Å². The molecule has 0 heterocycles. The van der Waals surface area contributed by atoms with Crippen molar-refractivity contribution in [3.8, 4) is 0 Å². The van der Waals surface area contributed by atoms with Crippen LogP contribution >= 0.6 is 0 Å². The minimum Gasteiger partial charge on any atom is -0.462 e. The fraction of sp³-hybridized carbons (Fsp3) is 0.935. The van der Waals surface area contributed by atoms with E-state index in [1.54, 1.807) is 0 Å². The van der Waals surface area contributed by atoms with E-state index in [1.807, 2.05) is 0 Å². The van der Waals surface area contributed by atoms with Crippen LogP contribution in [0.3, 0.4) is 0 Å². The van der Waals surface area contributed by atoms with E-state index in [9.17, 15) is 14.7 Å². The normalized spacial score (nSPS) is 44.8. The van der Waals surface area contributed by atoms with Crippen molar-refractivity contribution in [1.82, 2.24) is 0 Å². The van der Waals surface area contributed by atoms with Crippen molar-refractivity contribution >= 4 is 11.9 Å². The molecule has 5 heteroatoms. The molecule has 0 bridgehead atoms. The van der Waals surface area contributed by atoms with E-state index in [1.165, 1.54) is 52.4 Å². The fourth-order valence-corrected chi connectivity index (χ4v) is 9.92. The Hall–Kier alpha value is -1.10. The maximum atomic E-state index is 12.3. The number of aliphatic hydroxyl groups is 1. The number of carbonyl (C=O) groups excluding carboxylic acids is 2. The first-order valence-corrected chi connectivity index (χ1v) is 14.9. The molecule has 0 saturated heterocycles. The van der Waals surface area contributed by atoms with Crippen LogP contribution in [0.4, 0.5) is 0 Å². The zero-order valence-electron chi connectivity index (χ0n) is 24.0. The van der Waals surface area contributed by atoms with E-state index in [0.717, 1.165) is 43.4 Å². The molecule has 4 fully saturated rings. The Balaban J connectivity index is 1.59. The molecule has 4 aliphatic carbocycles. The van der Waals surface area contributed by atoms with Crippen molar-refractivity contribution in [2.45, 2.75) is 137 Å². The Morgan fingerprint density at radius 2 is 1.61 bits per heavy atom. The second-order valence-corrected chi connectivity index (χ2v) is 14.1. The van der Waals surface area contributed by atoms with Crippen LogP contribution in [0.5, 0.6) is 0 Å². The quantitative estimate of drug-likeness (QED) is 0.391. The van der Waals surface area contributed by atoms with Crippen LogP contribution in [-0.4, -0.2) is 34.9 Å². The molecule has 5 nitrogen and oxygen atoms in total. The molecule has 1 N–H and O–H groups in total. The van der Waals surface area contributed by atoms with E-state index in [0.29, 0.717) is 29.6 Å². The molecule has 0 amide bonds. The molecule has 10 atom stereocenters. The minimum absolute atomic E-state index is 0.308. The van der Waals surface area contributed by atoms with Gasteiger partial charge in [-0.1, -0.05) is 53.9 Å². The second-order valence-electron chi connectivity index (χ2n) is 14.1. The summed E-state index contributed by atoms with van der Waals surface area (Å²) in [5.41, 5.74) is -1.16. The van der Waals surface area contributed by atoms with Gasteiger partial charge < -0.3 is 14.6 Å². The first-order valence-electron chi connectivity index (χ1n) is 14.9. The summed E-state index contributed by atoms with van der Waals surface area (Å²) >= 11 is 0. The summed E-state index contributed by atoms with van der Waals surface area (Å²) in [5.74, 6) is 3.15. The van der Waals surface area contributed by atoms with Crippen LogP contribution in [-0.2, 0) is 19.1 Å². The highest BCUT2D eigenvalue weighted by Gasteiger charge is 2.68. The average Bonchev–Trinajstić information content (AvgIpc) is 3.12. The highest BCUT2D eigenvalue weighted by molar-refractivity contribution is 5.66. The van der Waals surface area contributed by atoms with Crippen molar-refractivity contribution < 1.29 is 24.2 Å². The van der Waals surface area contributed by atoms with Crippen LogP contribution < -0.4 is 0 Å². The Morgan fingerprint density at radius 3 is 2.25 bits per heavy atom.